The van der Waals surface area contributed by atoms with Gasteiger partial charge in [-0.05, 0) is 44.7 Å². The largest absolute Gasteiger partial charge is 0.444 e. The predicted molar refractivity (Wildman–Crippen MR) is 126 cm³/mol. The van der Waals surface area contributed by atoms with Gasteiger partial charge in [0.05, 0.1) is 0 Å². The van der Waals surface area contributed by atoms with E-state index >= 15 is 0 Å². The highest BCUT2D eigenvalue weighted by molar-refractivity contribution is 14.0. The molecule has 1 atom stereocenters. The van der Waals surface area contributed by atoms with Crippen molar-refractivity contribution in [2.45, 2.75) is 59.2 Å². The Kier molecular flexibility index (Phi) is 11.6. The third kappa shape index (κ3) is 10.2. The van der Waals surface area contributed by atoms with Gasteiger partial charge in [-0.25, -0.2) is 4.79 Å². The first kappa shape index (κ1) is 26.6. The maximum absolute atomic E-state index is 12.1. The van der Waals surface area contributed by atoms with Gasteiger partial charge in [0.2, 0.25) is 0 Å². The third-order valence-electron chi connectivity index (χ3n) is 4.20. The minimum Gasteiger partial charge on any atom is -0.444 e. The van der Waals surface area contributed by atoms with Gasteiger partial charge in [0.1, 0.15) is 5.60 Å². The van der Waals surface area contributed by atoms with Crippen LogP contribution >= 0.6 is 24.0 Å². The highest BCUT2D eigenvalue weighted by Crippen LogP contribution is 2.11. The summed E-state index contributed by atoms with van der Waals surface area (Å²) >= 11 is 0. The van der Waals surface area contributed by atoms with Gasteiger partial charge in [0.15, 0.2) is 5.96 Å². The van der Waals surface area contributed by atoms with E-state index in [9.17, 15) is 4.79 Å². The van der Waals surface area contributed by atoms with Crippen LogP contribution in [0.1, 0.15) is 46.6 Å². The average molecular weight is 507 g/mol. The number of nitrogens with zero attached hydrogens (tertiary/aromatic N) is 3. The van der Waals surface area contributed by atoms with Crippen molar-refractivity contribution in [2.75, 3.05) is 20.6 Å². The third-order valence-corrected chi connectivity index (χ3v) is 4.20. The number of carbonyl (C=O) groups is 1. The lowest BCUT2D eigenvalue weighted by atomic mass is 10.0. The number of aliphatic imine (C=N–C) groups is 1. The number of hydrogen-bond acceptors (Lipinski definition) is 3. The minimum absolute atomic E-state index is 0. The molecule has 0 aliphatic heterocycles. The molecule has 1 aromatic heterocycles. The molecule has 0 bridgehead atoms. The molecule has 1 unspecified atom stereocenters. The van der Waals surface area contributed by atoms with Crippen LogP contribution in [-0.4, -0.2) is 53.8 Å². The molecule has 0 fully saturated rings. The smallest absolute Gasteiger partial charge is 0.407 e. The molecule has 1 amide bonds. The molecule has 7 nitrogen and oxygen atoms in total. The number of hydrogen-bond donors (Lipinski definition) is 2. The molecule has 8 heteroatoms. The van der Waals surface area contributed by atoms with Gasteiger partial charge in [0, 0.05) is 52.7 Å². The molecule has 0 spiro atoms. The lowest BCUT2D eigenvalue weighted by Crippen LogP contribution is -2.45. The molecule has 1 heterocycles. The molecule has 0 radical (unpaired) electrons. The second-order valence-electron chi connectivity index (χ2n) is 8.29. The summed E-state index contributed by atoms with van der Waals surface area (Å²) in [7, 11) is 5.79. The van der Waals surface area contributed by atoms with E-state index in [2.05, 4.69) is 46.6 Å². The van der Waals surface area contributed by atoms with Crippen LogP contribution < -0.4 is 10.6 Å². The van der Waals surface area contributed by atoms with Crippen LogP contribution in [-0.2, 0) is 18.3 Å². The molecule has 28 heavy (non-hydrogen) atoms. The Bertz CT molecular complexity index is 622. The van der Waals surface area contributed by atoms with Gasteiger partial charge in [0.25, 0.3) is 0 Å². The quantitative estimate of drug-likeness (QED) is 0.336. The fraction of sp³-hybridized carbons (Fsp3) is 0.700. The first-order valence-corrected chi connectivity index (χ1v) is 9.54. The number of amides is 1. The van der Waals surface area contributed by atoms with Crippen LogP contribution in [0.15, 0.2) is 23.5 Å². The summed E-state index contributed by atoms with van der Waals surface area (Å²) in [6.45, 7) is 11.3. The zero-order valence-electron chi connectivity index (χ0n) is 18.6. The average Bonchev–Trinajstić information content (AvgIpc) is 2.95. The number of alkyl carbamates (subject to hydrolysis) is 1. The van der Waals surface area contributed by atoms with Crippen molar-refractivity contribution < 1.29 is 9.53 Å². The standard InChI is InChI=1S/C20H37N5O2.HI/c1-15(2)17(23-19(26)27-20(3,4)5)10-12-25(8)18(21-6)22-13-16-9-11-24(7)14-16;/h9,11,14-15,17H,10,12-13H2,1-8H3,(H,21,22)(H,23,26);1H. The lowest BCUT2D eigenvalue weighted by molar-refractivity contribution is 0.0486. The molecule has 0 aromatic carbocycles. The zero-order chi connectivity index (χ0) is 20.6. The zero-order valence-corrected chi connectivity index (χ0v) is 20.9. The van der Waals surface area contributed by atoms with E-state index < -0.39 is 5.60 Å². The Balaban J connectivity index is 0.00000729. The van der Waals surface area contributed by atoms with E-state index in [1.165, 1.54) is 5.56 Å². The molecule has 1 rings (SSSR count). The summed E-state index contributed by atoms with van der Waals surface area (Å²) < 4.78 is 7.41. The summed E-state index contributed by atoms with van der Waals surface area (Å²) in [5.74, 6) is 1.14. The number of carbonyl (C=O) groups excluding carboxylic acids is 1. The molecule has 162 valence electrons. The van der Waals surface area contributed by atoms with Crippen LogP contribution in [0.3, 0.4) is 0 Å². The van der Waals surface area contributed by atoms with E-state index in [1.807, 2.05) is 45.6 Å². The highest BCUT2D eigenvalue weighted by Gasteiger charge is 2.22. The van der Waals surface area contributed by atoms with E-state index in [0.29, 0.717) is 5.92 Å². The van der Waals surface area contributed by atoms with Gasteiger partial charge in [-0.15, -0.1) is 24.0 Å². The van der Waals surface area contributed by atoms with E-state index in [1.54, 1.807) is 7.05 Å². The minimum atomic E-state index is -0.494. The molecule has 0 aliphatic rings. The van der Waals surface area contributed by atoms with E-state index in [-0.39, 0.29) is 36.1 Å². The van der Waals surface area contributed by atoms with Gasteiger partial charge in [-0.3, -0.25) is 4.99 Å². The maximum Gasteiger partial charge on any atom is 0.407 e. The maximum atomic E-state index is 12.1. The number of nitrogens with one attached hydrogen (secondary N) is 2. The van der Waals surface area contributed by atoms with Crippen molar-refractivity contribution in [1.82, 2.24) is 20.1 Å². The topological polar surface area (TPSA) is 70.9 Å². The van der Waals surface area contributed by atoms with Gasteiger partial charge in [-0.2, -0.15) is 0 Å². The Hall–Kier alpha value is -1.45. The van der Waals surface area contributed by atoms with Crippen molar-refractivity contribution in [3.05, 3.63) is 24.0 Å². The number of aryl methyl sites for hydroxylation is 1. The second kappa shape index (κ2) is 12.2. The van der Waals surface area contributed by atoms with E-state index in [4.69, 9.17) is 4.74 Å². The fourth-order valence-electron chi connectivity index (χ4n) is 2.70. The summed E-state index contributed by atoms with van der Waals surface area (Å²) in [5, 5.41) is 6.37. The van der Waals surface area contributed by atoms with Gasteiger partial charge < -0.3 is 24.8 Å². The van der Waals surface area contributed by atoms with Crippen molar-refractivity contribution in [3.8, 4) is 0 Å². The van der Waals surface area contributed by atoms with Crippen LogP contribution in [0.25, 0.3) is 0 Å². The highest BCUT2D eigenvalue weighted by atomic mass is 127. The Morgan fingerprint density at radius 1 is 1.36 bits per heavy atom. The number of rotatable bonds is 7. The van der Waals surface area contributed by atoms with Gasteiger partial charge >= 0.3 is 6.09 Å². The van der Waals surface area contributed by atoms with E-state index in [0.717, 1.165) is 25.5 Å². The van der Waals surface area contributed by atoms with Gasteiger partial charge in [-0.1, -0.05) is 13.8 Å². The predicted octanol–water partition coefficient (Wildman–Crippen LogP) is 3.59. The summed E-state index contributed by atoms with van der Waals surface area (Å²) in [6, 6.07) is 2.12. The number of ether oxygens (including phenoxy) is 1. The summed E-state index contributed by atoms with van der Waals surface area (Å²) in [4.78, 5) is 18.5. The fourth-order valence-corrected chi connectivity index (χ4v) is 2.70. The Morgan fingerprint density at radius 2 is 2.00 bits per heavy atom. The Labute approximate surface area is 187 Å². The SMILES string of the molecule is CN=C(NCc1ccn(C)c1)N(C)CCC(NC(=O)OC(C)(C)C)C(C)C.I. The van der Waals surface area contributed by atoms with Crippen LogP contribution in [0, 0.1) is 5.92 Å². The first-order chi connectivity index (χ1) is 12.5. The Morgan fingerprint density at radius 3 is 2.46 bits per heavy atom. The molecule has 1 aromatic rings. The monoisotopic (exact) mass is 507 g/mol. The molecule has 0 saturated carbocycles. The van der Waals surface area contributed by atoms with Crippen molar-refractivity contribution in [3.63, 3.8) is 0 Å². The molecular weight excluding hydrogens is 469 g/mol. The number of halogens is 1. The molecule has 0 aliphatic carbocycles. The summed E-state index contributed by atoms with van der Waals surface area (Å²) in [5.41, 5.74) is 0.713. The number of guanidine groups is 1. The molecule has 0 saturated heterocycles. The normalized spacial score (nSPS) is 13.0. The van der Waals surface area contributed by atoms with Crippen molar-refractivity contribution >= 4 is 36.0 Å². The summed E-state index contributed by atoms with van der Waals surface area (Å²) in [6.07, 6.45) is 4.55. The molecule has 2 N–H and O–H groups in total. The van der Waals surface area contributed by atoms with Crippen LogP contribution in [0.4, 0.5) is 4.79 Å². The van der Waals surface area contributed by atoms with Crippen molar-refractivity contribution in [2.24, 2.45) is 18.0 Å². The van der Waals surface area contributed by atoms with Crippen LogP contribution in [0.2, 0.25) is 0 Å². The lowest BCUT2D eigenvalue weighted by Gasteiger charge is -2.28. The molecular formula is C20H38IN5O2. The second-order valence-corrected chi connectivity index (χ2v) is 8.29. The first-order valence-electron chi connectivity index (χ1n) is 9.54. The number of aromatic nitrogens is 1. The van der Waals surface area contributed by atoms with Crippen molar-refractivity contribution in [1.29, 1.82) is 0 Å². The van der Waals surface area contributed by atoms with Crippen LogP contribution in [0.5, 0.6) is 0 Å².